The highest BCUT2D eigenvalue weighted by molar-refractivity contribution is 5.41. The van der Waals surface area contributed by atoms with Crippen molar-refractivity contribution in [3.8, 4) is 11.5 Å². The lowest BCUT2D eigenvalue weighted by Crippen LogP contribution is -2.06. The predicted octanol–water partition coefficient (Wildman–Crippen LogP) is 3.51. The van der Waals surface area contributed by atoms with Gasteiger partial charge in [0.15, 0.2) is 0 Å². The Bertz CT molecular complexity index is 533. The molecule has 1 aromatic carbocycles. The van der Waals surface area contributed by atoms with Crippen molar-refractivity contribution in [1.29, 1.82) is 0 Å². The Morgan fingerprint density at radius 1 is 1.17 bits per heavy atom. The van der Waals surface area contributed by atoms with Crippen molar-refractivity contribution in [2.45, 2.75) is 26.8 Å². The second kappa shape index (κ2) is 5.19. The van der Waals surface area contributed by atoms with Crippen molar-refractivity contribution in [1.82, 2.24) is 4.98 Å². The molecule has 94 valence electrons. The van der Waals surface area contributed by atoms with Gasteiger partial charge in [0.05, 0.1) is 11.9 Å². The Hall–Kier alpha value is -1.87. The van der Waals surface area contributed by atoms with Crippen molar-refractivity contribution in [2.75, 3.05) is 0 Å². The number of rotatable bonds is 3. The molecule has 0 saturated carbocycles. The molecule has 3 heteroatoms. The number of aryl methyl sites for hydroxylation is 1. The van der Waals surface area contributed by atoms with E-state index in [4.69, 9.17) is 10.5 Å². The quantitative estimate of drug-likeness (QED) is 0.896. The molecule has 0 aliphatic heterocycles. The molecule has 0 fully saturated rings. The van der Waals surface area contributed by atoms with Crippen LogP contribution in [0.1, 0.15) is 29.8 Å². The Morgan fingerprint density at radius 2 is 1.94 bits per heavy atom. The smallest absolute Gasteiger partial charge is 0.145 e. The van der Waals surface area contributed by atoms with Crippen LogP contribution in [0.4, 0.5) is 0 Å². The topological polar surface area (TPSA) is 48.1 Å². The molecular formula is C15H18N2O. The van der Waals surface area contributed by atoms with E-state index in [1.165, 1.54) is 5.56 Å². The summed E-state index contributed by atoms with van der Waals surface area (Å²) < 4.78 is 5.82. The van der Waals surface area contributed by atoms with Gasteiger partial charge in [0, 0.05) is 6.04 Å². The van der Waals surface area contributed by atoms with Crippen molar-refractivity contribution in [3.05, 3.63) is 53.3 Å². The van der Waals surface area contributed by atoms with Gasteiger partial charge in [-0.3, -0.25) is 4.98 Å². The van der Waals surface area contributed by atoms with Crippen LogP contribution in [0.3, 0.4) is 0 Å². The summed E-state index contributed by atoms with van der Waals surface area (Å²) in [7, 11) is 0. The van der Waals surface area contributed by atoms with Crippen molar-refractivity contribution in [2.24, 2.45) is 5.73 Å². The number of ether oxygens (including phenoxy) is 1. The molecule has 3 nitrogen and oxygen atoms in total. The monoisotopic (exact) mass is 242 g/mol. The highest BCUT2D eigenvalue weighted by Crippen LogP contribution is 2.26. The molecule has 1 heterocycles. The lowest BCUT2D eigenvalue weighted by atomic mass is 10.1. The van der Waals surface area contributed by atoms with Gasteiger partial charge >= 0.3 is 0 Å². The summed E-state index contributed by atoms with van der Waals surface area (Å²) in [5.41, 5.74) is 8.98. The number of hydrogen-bond acceptors (Lipinski definition) is 3. The number of nitrogens with zero attached hydrogens (tertiary/aromatic N) is 1. The van der Waals surface area contributed by atoms with E-state index in [0.717, 1.165) is 22.8 Å². The maximum absolute atomic E-state index is 5.82. The van der Waals surface area contributed by atoms with Gasteiger partial charge in [-0.25, -0.2) is 0 Å². The summed E-state index contributed by atoms with van der Waals surface area (Å²) in [6.45, 7) is 6.03. The zero-order valence-corrected chi connectivity index (χ0v) is 11.0. The van der Waals surface area contributed by atoms with E-state index < -0.39 is 0 Å². The fraction of sp³-hybridized carbons (Fsp3) is 0.267. The third-order valence-electron chi connectivity index (χ3n) is 3.01. The van der Waals surface area contributed by atoms with E-state index in [9.17, 15) is 0 Å². The number of nitrogens with two attached hydrogens (primary N) is 1. The number of aromatic nitrogens is 1. The standard InChI is InChI=1S/C15H18N2O/c1-10-5-4-6-15(11(10)2)18-13-7-8-14(12(3)16)17-9-13/h4-9,12H,16H2,1-3H3. The first-order valence-corrected chi connectivity index (χ1v) is 6.03. The van der Waals surface area contributed by atoms with Crippen molar-refractivity contribution >= 4 is 0 Å². The van der Waals surface area contributed by atoms with E-state index in [2.05, 4.69) is 24.9 Å². The minimum Gasteiger partial charge on any atom is -0.455 e. The van der Waals surface area contributed by atoms with Gasteiger partial charge < -0.3 is 10.5 Å². The van der Waals surface area contributed by atoms with Crippen molar-refractivity contribution < 1.29 is 4.74 Å². The predicted molar refractivity (Wildman–Crippen MR) is 72.8 cm³/mol. The van der Waals surface area contributed by atoms with Gasteiger partial charge in [-0.05, 0) is 50.1 Å². The molecule has 0 radical (unpaired) electrons. The second-order valence-electron chi connectivity index (χ2n) is 4.51. The number of benzene rings is 1. The van der Waals surface area contributed by atoms with Gasteiger partial charge in [0.25, 0.3) is 0 Å². The molecule has 18 heavy (non-hydrogen) atoms. The summed E-state index contributed by atoms with van der Waals surface area (Å²) in [6.07, 6.45) is 1.71. The molecule has 2 rings (SSSR count). The normalized spacial score (nSPS) is 12.2. The average Bonchev–Trinajstić information content (AvgIpc) is 2.36. The molecule has 2 N–H and O–H groups in total. The molecule has 0 aliphatic rings. The maximum Gasteiger partial charge on any atom is 0.145 e. The Labute approximate surface area is 108 Å². The lowest BCUT2D eigenvalue weighted by molar-refractivity contribution is 0.475. The molecule has 0 spiro atoms. The number of pyridine rings is 1. The van der Waals surface area contributed by atoms with E-state index in [-0.39, 0.29) is 6.04 Å². The van der Waals surface area contributed by atoms with Crippen LogP contribution in [0.25, 0.3) is 0 Å². The van der Waals surface area contributed by atoms with Crippen LogP contribution in [0.2, 0.25) is 0 Å². The van der Waals surface area contributed by atoms with E-state index in [1.807, 2.05) is 31.2 Å². The third kappa shape index (κ3) is 2.68. The lowest BCUT2D eigenvalue weighted by Gasteiger charge is -2.11. The van der Waals surface area contributed by atoms with Crippen LogP contribution in [-0.4, -0.2) is 4.98 Å². The molecule has 0 amide bonds. The van der Waals surface area contributed by atoms with E-state index in [1.54, 1.807) is 6.20 Å². The molecule has 2 aromatic rings. The Balaban J connectivity index is 2.21. The largest absolute Gasteiger partial charge is 0.455 e. The Kier molecular flexibility index (Phi) is 3.63. The minimum absolute atomic E-state index is 0.0558. The van der Waals surface area contributed by atoms with Gasteiger partial charge in [-0.15, -0.1) is 0 Å². The molecule has 0 aliphatic carbocycles. The summed E-state index contributed by atoms with van der Waals surface area (Å²) in [5, 5.41) is 0. The Morgan fingerprint density at radius 3 is 2.56 bits per heavy atom. The van der Waals surface area contributed by atoms with Crippen LogP contribution in [0, 0.1) is 13.8 Å². The summed E-state index contributed by atoms with van der Waals surface area (Å²) in [6, 6.07) is 9.75. The van der Waals surface area contributed by atoms with Crippen LogP contribution in [-0.2, 0) is 0 Å². The van der Waals surface area contributed by atoms with Crippen LogP contribution < -0.4 is 10.5 Å². The summed E-state index contributed by atoms with van der Waals surface area (Å²) in [5.74, 6) is 1.60. The highest BCUT2D eigenvalue weighted by atomic mass is 16.5. The fourth-order valence-corrected chi connectivity index (χ4v) is 1.68. The van der Waals surface area contributed by atoms with Crippen molar-refractivity contribution in [3.63, 3.8) is 0 Å². The summed E-state index contributed by atoms with van der Waals surface area (Å²) in [4.78, 5) is 4.28. The first-order chi connectivity index (χ1) is 8.58. The van der Waals surface area contributed by atoms with Gasteiger partial charge in [-0.2, -0.15) is 0 Å². The van der Waals surface area contributed by atoms with Gasteiger partial charge in [-0.1, -0.05) is 12.1 Å². The zero-order valence-electron chi connectivity index (χ0n) is 11.0. The second-order valence-corrected chi connectivity index (χ2v) is 4.51. The SMILES string of the molecule is Cc1cccc(Oc2ccc(C(C)N)nc2)c1C. The first kappa shape index (κ1) is 12.6. The van der Waals surface area contributed by atoms with Crippen LogP contribution in [0.15, 0.2) is 36.5 Å². The molecule has 0 saturated heterocycles. The van der Waals surface area contributed by atoms with Gasteiger partial charge in [0.2, 0.25) is 0 Å². The van der Waals surface area contributed by atoms with E-state index >= 15 is 0 Å². The molecule has 0 bridgehead atoms. The molecule has 1 atom stereocenters. The van der Waals surface area contributed by atoms with Gasteiger partial charge in [0.1, 0.15) is 11.5 Å². The molecule has 1 aromatic heterocycles. The summed E-state index contributed by atoms with van der Waals surface area (Å²) >= 11 is 0. The fourth-order valence-electron chi connectivity index (χ4n) is 1.68. The van der Waals surface area contributed by atoms with E-state index in [0.29, 0.717) is 0 Å². The molecule has 1 unspecified atom stereocenters. The maximum atomic E-state index is 5.82. The third-order valence-corrected chi connectivity index (χ3v) is 3.01. The highest BCUT2D eigenvalue weighted by Gasteiger charge is 2.05. The zero-order chi connectivity index (χ0) is 13.1. The van der Waals surface area contributed by atoms with Crippen LogP contribution in [0.5, 0.6) is 11.5 Å². The minimum atomic E-state index is -0.0558. The average molecular weight is 242 g/mol. The molecular weight excluding hydrogens is 224 g/mol. The number of hydrogen-bond donors (Lipinski definition) is 1. The first-order valence-electron chi connectivity index (χ1n) is 6.03. The van der Waals surface area contributed by atoms with Crippen LogP contribution >= 0.6 is 0 Å².